The monoisotopic (exact) mass is 393 g/mol. The van der Waals surface area contributed by atoms with E-state index in [1.54, 1.807) is 12.3 Å². The van der Waals surface area contributed by atoms with Crippen molar-refractivity contribution in [3.8, 4) is 5.75 Å². The Morgan fingerprint density at radius 1 is 1.38 bits per heavy atom. The van der Waals surface area contributed by atoms with Crippen LogP contribution in [0.15, 0.2) is 16.9 Å². The highest BCUT2D eigenvalue weighted by Crippen LogP contribution is 2.36. The molecule has 1 aromatic rings. The van der Waals surface area contributed by atoms with Crippen LogP contribution in [0.25, 0.3) is 0 Å². The Morgan fingerprint density at radius 3 is 2.57 bits per heavy atom. The summed E-state index contributed by atoms with van der Waals surface area (Å²) >= 11 is 9.39. The van der Waals surface area contributed by atoms with Crippen LogP contribution in [-0.4, -0.2) is 26.0 Å². The van der Waals surface area contributed by atoms with Crippen LogP contribution in [0.2, 0.25) is 23.2 Å². The summed E-state index contributed by atoms with van der Waals surface area (Å²) in [6.45, 7) is 14.0. The van der Waals surface area contributed by atoms with Gasteiger partial charge in [-0.15, -0.1) is 0 Å². The number of hydrogen-bond acceptors (Lipinski definition) is 3. The van der Waals surface area contributed by atoms with Crippen molar-refractivity contribution in [2.24, 2.45) is 0 Å². The number of pyridine rings is 1. The summed E-state index contributed by atoms with van der Waals surface area (Å²) in [6.07, 6.45) is 2.46. The SMILES string of the molecule is CC(CCO[Si](C)(C)C(C)(C)C)Oc1cc(Br)ncc1Cl. The van der Waals surface area contributed by atoms with Crippen LogP contribution in [0.1, 0.15) is 34.1 Å². The number of nitrogens with zero attached hydrogens (tertiary/aromatic N) is 1. The first-order valence-corrected chi connectivity index (χ1v) is 11.2. The van der Waals surface area contributed by atoms with Crippen molar-refractivity contribution in [3.05, 3.63) is 21.9 Å². The highest BCUT2D eigenvalue weighted by atomic mass is 79.9. The third-order valence-corrected chi connectivity index (χ3v) is 9.16. The molecule has 0 aliphatic heterocycles. The lowest BCUT2D eigenvalue weighted by atomic mass is 10.2. The van der Waals surface area contributed by atoms with E-state index in [1.807, 2.05) is 6.92 Å². The Balaban J connectivity index is 2.48. The van der Waals surface area contributed by atoms with Gasteiger partial charge in [-0.2, -0.15) is 0 Å². The number of hydrogen-bond donors (Lipinski definition) is 0. The van der Waals surface area contributed by atoms with E-state index in [0.717, 1.165) is 6.42 Å². The molecule has 0 saturated heterocycles. The predicted octanol–water partition coefficient (Wildman–Crippen LogP) is 5.68. The molecule has 0 fully saturated rings. The van der Waals surface area contributed by atoms with E-state index >= 15 is 0 Å². The Bertz CT molecular complexity index is 477. The van der Waals surface area contributed by atoms with E-state index in [0.29, 0.717) is 22.0 Å². The van der Waals surface area contributed by atoms with E-state index < -0.39 is 8.32 Å². The van der Waals surface area contributed by atoms with Gasteiger partial charge in [-0.1, -0.05) is 32.4 Å². The molecule has 1 heterocycles. The second-order valence-corrected chi connectivity index (χ2v) is 12.8. The molecule has 120 valence electrons. The maximum atomic E-state index is 6.16. The summed E-state index contributed by atoms with van der Waals surface area (Å²) in [7, 11) is -1.68. The van der Waals surface area contributed by atoms with Crippen LogP contribution >= 0.6 is 27.5 Å². The molecular formula is C15H25BrClNO2Si. The van der Waals surface area contributed by atoms with Gasteiger partial charge in [0.2, 0.25) is 0 Å². The molecule has 21 heavy (non-hydrogen) atoms. The minimum absolute atomic E-state index is 0.0431. The van der Waals surface area contributed by atoms with Crippen LogP contribution in [-0.2, 0) is 4.43 Å². The van der Waals surface area contributed by atoms with Crippen molar-refractivity contribution in [1.82, 2.24) is 4.98 Å². The molecule has 0 aliphatic carbocycles. The first-order valence-electron chi connectivity index (χ1n) is 7.14. The Labute approximate surface area is 142 Å². The van der Waals surface area contributed by atoms with Crippen molar-refractivity contribution < 1.29 is 9.16 Å². The lowest BCUT2D eigenvalue weighted by Gasteiger charge is -2.36. The number of halogens is 2. The summed E-state index contributed by atoms with van der Waals surface area (Å²) in [4.78, 5) is 4.05. The smallest absolute Gasteiger partial charge is 0.191 e. The van der Waals surface area contributed by atoms with Gasteiger partial charge >= 0.3 is 0 Å². The normalized spacial score (nSPS) is 14.1. The van der Waals surface area contributed by atoms with Gasteiger partial charge < -0.3 is 9.16 Å². The van der Waals surface area contributed by atoms with Gasteiger partial charge in [-0.25, -0.2) is 4.98 Å². The van der Waals surface area contributed by atoms with E-state index in [4.69, 9.17) is 20.8 Å². The summed E-state index contributed by atoms with van der Waals surface area (Å²) in [5.41, 5.74) is 0. The summed E-state index contributed by atoms with van der Waals surface area (Å²) in [5.74, 6) is 0.651. The van der Waals surface area contributed by atoms with E-state index in [1.165, 1.54) is 0 Å². The fourth-order valence-electron chi connectivity index (χ4n) is 1.46. The third-order valence-electron chi connectivity index (χ3n) is 3.91. The second-order valence-electron chi connectivity index (χ2n) is 6.76. The zero-order valence-corrected chi connectivity index (χ0v) is 17.0. The molecule has 0 amide bonds. The molecule has 0 aliphatic rings. The molecule has 3 nitrogen and oxygen atoms in total. The second kappa shape index (κ2) is 7.44. The molecular weight excluding hydrogens is 370 g/mol. The van der Waals surface area contributed by atoms with Crippen LogP contribution in [0.4, 0.5) is 0 Å². The lowest BCUT2D eigenvalue weighted by Crippen LogP contribution is -2.41. The molecule has 0 spiro atoms. The van der Waals surface area contributed by atoms with Crippen molar-refractivity contribution in [3.63, 3.8) is 0 Å². The molecule has 0 N–H and O–H groups in total. The highest BCUT2D eigenvalue weighted by molar-refractivity contribution is 9.10. The zero-order chi connectivity index (χ0) is 16.3. The topological polar surface area (TPSA) is 31.4 Å². The average molecular weight is 395 g/mol. The molecule has 1 aromatic heterocycles. The molecule has 0 radical (unpaired) electrons. The average Bonchev–Trinajstić information content (AvgIpc) is 2.32. The molecule has 1 atom stereocenters. The summed E-state index contributed by atoms with van der Waals surface area (Å²) in [5, 5.41) is 0.756. The third kappa shape index (κ3) is 5.89. The fourth-order valence-corrected chi connectivity index (χ4v) is 2.98. The maximum absolute atomic E-state index is 6.16. The minimum atomic E-state index is -1.68. The van der Waals surface area contributed by atoms with Crippen LogP contribution in [0.5, 0.6) is 5.75 Å². The first-order chi connectivity index (χ1) is 9.53. The van der Waals surface area contributed by atoms with Crippen molar-refractivity contribution in [2.45, 2.75) is 58.4 Å². The molecule has 0 bridgehead atoms. The summed E-state index contributed by atoms with van der Waals surface area (Å²) < 4.78 is 12.7. The zero-order valence-electron chi connectivity index (χ0n) is 13.7. The quantitative estimate of drug-likeness (QED) is 0.459. The Morgan fingerprint density at radius 2 is 2.00 bits per heavy atom. The standard InChI is InChI=1S/C15H25BrClNO2Si/c1-11(7-8-19-21(5,6)15(2,3)4)20-13-9-14(16)18-10-12(13)17/h9-11H,7-8H2,1-6H3. The number of ether oxygens (including phenoxy) is 1. The molecule has 1 rings (SSSR count). The summed E-state index contributed by atoms with van der Waals surface area (Å²) in [6, 6.07) is 1.79. The van der Waals surface area contributed by atoms with Crippen molar-refractivity contribution in [2.75, 3.05) is 6.61 Å². The van der Waals surface area contributed by atoms with Gasteiger partial charge in [0.1, 0.15) is 15.4 Å². The van der Waals surface area contributed by atoms with Crippen molar-refractivity contribution >= 4 is 35.8 Å². The minimum Gasteiger partial charge on any atom is -0.489 e. The van der Waals surface area contributed by atoms with Gasteiger partial charge in [0, 0.05) is 19.1 Å². The van der Waals surface area contributed by atoms with Crippen molar-refractivity contribution in [1.29, 1.82) is 0 Å². The van der Waals surface area contributed by atoms with Gasteiger partial charge in [0.05, 0.1) is 12.3 Å². The van der Waals surface area contributed by atoms with Gasteiger partial charge in [0.15, 0.2) is 8.32 Å². The molecule has 6 heteroatoms. The van der Waals surface area contributed by atoms with E-state index in [-0.39, 0.29) is 11.1 Å². The van der Waals surface area contributed by atoms with Gasteiger partial charge in [-0.3, -0.25) is 0 Å². The van der Waals surface area contributed by atoms with E-state index in [9.17, 15) is 0 Å². The predicted molar refractivity (Wildman–Crippen MR) is 94.8 cm³/mol. The molecule has 0 saturated carbocycles. The first kappa shape index (κ1) is 18.9. The Kier molecular flexibility index (Phi) is 6.71. The lowest BCUT2D eigenvalue weighted by molar-refractivity contribution is 0.170. The number of rotatable bonds is 6. The van der Waals surface area contributed by atoms with Gasteiger partial charge in [0.25, 0.3) is 0 Å². The molecule has 0 aromatic carbocycles. The van der Waals surface area contributed by atoms with E-state index in [2.05, 4.69) is 54.8 Å². The van der Waals surface area contributed by atoms with Crippen LogP contribution in [0, 0.1) is 0 Å². The van der Waals surface area contributed by atoms with Crippen LogP contribution in [0.3, 0.4) is 0 Å². The maximum Gasteiger partial charge on any atom is 0.191 e. The highest BCUT2D eigenvalue weighted by Gasteiger charge is 2.36. The number of aromatic nitrogens is 1. The molecule has 1 unspecified atom stereocenters. The largest absolute Gasteiger partial charge is 0.489 e. The van der Waals surface area contributed by atoms with Gasteiger partial charge in [-0.05, 0) is 41.0 Å². The fraction of sp³-hybridized carbons (Fsp3) is 0.667. The Hall–Kier alpha value is -0.103. The van der Waals surface area contributed by atoms with Crippen LogP contribution < -0.4 is 4.74 Å².